The van der Waals surface area contributed by atoms with Crippen LogP contribution in [0.5, 0.6) is 0 Å². The second-order valence-electron chi connectivity index (χ2n) is 7.30. The monoisotopic (exact) mass is 361 g/mol. The maximum atomic E-state index is 14.3. The zero-order valence-electron chi connectivity index (χ0n) is 14.6. The Labute approximate surface area is 151 Å². The summed E-state index contributed by atoms with van der Waals surface area (Å²) in [6, 6.07) is 5.04. The molecule has 0 N–H and O–H groups in total. The molecule has 25 heavy (non-hydrogen) atoms. The first kappa shape index (κ1) is 17.0. The molecule has 2 aromatic rings. The average Bonchev–Trinajstić information content (AvgIpc) is 3.01. The van der Waals surface area contributed by atoms with Gasteiger partial charge in [0.15, 0.2) is 0 Å². The third kappa shape index (κ3) is 3.08. The zero-order valence-corrected chi connectivity index (χ0v) is 15.4. The van der Waals surface area contributed by atoms with Crippen molar-refractivity contribution in [3.05, 3.63) is 34.5 Å². The van der Waals surface area contributed by atoms with Crippen LogP contribution in [0.3, 0.4) is 0 Å². The lowest BCUT2D eigenvalue weighted by atomic mass is 9.75. The fourth-order valence-electron chi connectivity index (χ4n) is 4.55. The van der Waals surface area contributed by atoms with Gasteiger partial charge in [0.05, 0.1) is 11.5 Å². The van der Waals surface area contributed by atoms with E-state index in [9.17, 15) is 9.18 Å². The zero-order chi connectivity index (χ0) is 17.4. The lowest BCUT2D eigenvalue weighted by molar-refractivity contribution is 0.0522. The second kappa shape index (κ2) is 7.04. The number of amides is 1. The van der Waals surface area contributed by atoms with E-state index in [1.165, 1.54) is 43.1 Å². The summed E-state index contributed by atoms with van der Waals surface area (Å²) in [5, 5.41) is 0.547. The van der Waals surface area contributed by atoms with E-state index < -0.39 is 0 Å². The molecule has 1 aromatic heterocycles. The van der Waals surface area contributed by atoms with Gasteiger partial charge in [0.25, 0.3) is 5.91 Å². The predicted molar refractivity (Wildman–Crippen MR) is 98.5 cm³/mol. The minimum atomic E-state index is -0.272. The molecule has 5 heteroatoms. The molecule has 1 aromatic carbocycles. The van der Waals surface area contributed by atoms with Crippen molar-refractivity contribution in [2.75, 3.05) is 20.2 Å². The third-order valence-electron chi connectivity index (χ3n) is 5.82. The molecule has 0 bridgehead atoms. The first-order valence-corrected chi connectivity index (χ1v) is 9.98. The number of nitrogens with zero attached hydrogens (tertiary/aromatic N) is 1. The van der Waals surface area contributed by atoms with Gasteiger partial charge in [-0.3, -0.25) is 4.79 Å². The Bertz CT molecular complexity index is 787. The van der Waals surface area contributed by atoms with Crippen LogP contribution >= 0.6 is 11.3 Å². The molecule has 134 valence electrons. The van der Waals surface area contributed by atoms with Gasteiger partial charge in [0.1, 0.15) is 5.82 Å². The average molecular weight is 361 g/mol. The van der Waals surface area contributed by atoms with Crippen molar-refractivity contribution in [2.45, 2.75) is 38.7 Å². The van der Waals surface area contributed by atoms with E-state index >= 15 is 0 Å². The standard InChI is InChI=1S/C20H24FNO2S/c1-24-12-15-18-16(21)7-4-8-17(18)25-19(15)20(23)22-10-9-13-5-2-3-6-14(13)11-22/h4,7-8,13-14H,2-3,5-6,9-12H2,1H3/t13-,14-/m0/s1. The van der Waals surface area contributed by atoms with Gasteiger partial charge in [-0.1, -0.05) is 25.3 Å². The maximum Gasteiger partial charge on any atom is 0.264 e. The Balaban J connectivity index is 1.65. The minimum Gasteiger partial charge on any atom is -0.380 e. The highest BCUT2D eigenvalue weighted by Crippen LogP contribution is 2.39. The normalized spacial score (nSPS) is 23.7. The number of halogens is 1. The van der Waals surface area contributed by atoms with Crippen molar-refractivity contribution < 1.29 is 13.9 Å². The number of likely N-dealkylation sites (tertiary alicyclic amines) is 1. The number of rotatable bonds is 3. The molecule has 0 radical (unpaired) electrons. The summed E-state index contributed by atoms with van der Waals surface area (Å²) in [5.41, 5.74) is 0.705. The Hall–Kier alpha value is -1.46. The van der Waals surface area contributed by atoms with Gasteiger partial charge >= 0.3 is 0 Å². The lowest BCUT2D eigenvalue weighted by Crippen LogP contribution is -2.44. The maximum absolute atomic E-state index is 14.3. The molecule has 4 rings (SSSR count). The fraction of sp³-hybridized carbons (Fsp3) is 0.550. The van der Waals surface area contributed by atoms with E-state index in [-0.39, 0.29) is 18.3 Å². The first-order chi connectivity index (χ1) is 12.2. The summed E-state index contributed by atoms with van der Waals surface area (Å²) in [7, 11) is 1.59. The number of ether oxygens (including phenoxy) is 1. The van der Waals surface area contributed by atoms with Gasteiger partial charge in [0.2, 0.25) is 0 Å². The molecule has 1 saturated heterocycles. The van der Waals surface area contributed by atoms with Crippen LogP contribution in [-0.4, -0.2) is 31.0 Å². The van der Waals surface area contributed by atoms with Crippen LogP contribution < -0.4 is 0 Å². The number of benzene rings is 1. The number of hydrogen-bond acceptors (Lipinski definition) is 3. The molecule has 0 spiro atoms. The summed E-state index contributed by atoms with van der Waals surface area (Å²) < 4.78 is 20.4. The third-order valence-corrected chi connectivity index (χ3v) is 7.01. The quantitative estimate of drug-likeness (QED) is 0.783. The molecule has 1 aliphatic carbocycles. The van der Waals surface area contributed by atoms with Crippen LogP contribution in [0.15, 0.2) is 18.2 Å². The summed E-state index contributed by atoms with van der Waals surface area (Å²) in [5.74, 6) is 1.21. The molecular weight excluding hydrogens is 337 g/mol. The minimum absolute atomic E-state index is 0.0525. The van der Waals surface area contributed by atoms with Gasteiger partial charge in [-0.05, 0) is 36.8 Å². The number of carbonyl (C=O) groups excluding carboxylic acids is 1. The van der Waals surface area contributed by atoms with Gasteiger partial charge in [-0.25, -0.2) is 4.39 Å². The van der Waals surface area contributed by atoms with Crippen molar-refractivity contribution in [3.63, 3.8) is 0 Å². The molecule has 0 unspecified atom stereocenters. The van der Waals surface area contributed by atoms with Crippen LogP contribution in [0.25, 0.3) is 10.1 Å². The Morgan fingerprint density at radius 2 is 2.08 bits per heavy atom. The van der Waals surface area contributed by atoms with Gasteiger partial charge in [-0.15, -0.1) is 11.3 Å². The number of fused-ring (bicyclic) bond motifs is 2. The second-order valence-corrected chi connectivity index (χ2v) is 8.35. The van der Waals surface area contributed by atoms with Crippen molar-refractivity contribution >= 4 is 27.3 Å². The molecule has 2 atom stereocenters. The number of methoxy groups -OCH3 is 1. The number of thiophene rings is 1. The van der Waals surface area contributed by atoms with Crippen molar-refractivity contribution in [3.8, 4) is 0 Å². The Kier molecular flexibility index (Phi) is 4.78. The lowest BCUT2D eigenvalue weighted by Gasteiger charge is -2.41. The van der Waals surface area contributed by atoms with E-state index in [1.54, 1.807) is 13.2 Å². The molecule has 1 amide bonds. The smallest absolute Gasteiger partial charge is 0.264 e. The summed E-state index contributed by atoms with van der Waals surface area (Å²) in [4.78, 5) is 15.9. The predicted octanol–water partition coefficient (Wildman–Crippen LogP) is 4.84. The fourth-order valence-corrected chi connectivity index (χ4v) is 5.74. The molecule has 2 aliphatic rings. The van der Waals surface area contributed by atoms with Crippen LogP contribution in [0.2, 0.25) is 0 Å². The van der Waals surface area contributed by atoms with Gasteiger partial charge in [0, 0.05) is 35.8 Å². The largest absolute Gasteiger partial charge is 0.380 e. The summed E-state index contributed by atoms with van der Waals surface area (Å²) in [6.07, 6.45) is 6.28. The van der Waals surface area contributed by atoms with Crippen LogP contribution in [-0.2, 0) is 11.3 Å². The van der Waals surface area contributed by atoms with Crippen LogP contribution in [0, 0.1) is 17.7 Å². The number of piperidine rings is 1. The van der Waals surface area contributed by atoms with Gasteiger partial charge in [-0.2, -0.15) is 0 Å². The Morgan fingerprint density at radius 3 is 2.88 bits per heavy atom. The van der Waals surface area contributed by atoms with E-state index in [1.807, 2.05) is 11.0 Å². The highest BCUT2D eigenvalue weighted by atomic mass is 32.1. The van der Waals surface area contributed by atoms with Crippen LogP contribution in [0.4, 0.5) is 4.39 Å². The summed E-state index contributed by atoms with van der Waals surface area (Å²) >= 11 is 1.40. The van der Waals surface area contributed by atoms with E-state index in [2.05, 4.69) is 0 Å². The molecule has 1 aliphatic heterocycles. The van der Waals surface area contributed by atoms with E-state index in [0.29, 0.717) is 21.7 Å². The van der Waals surface area contributed by atoms with E-state index in [0.717, 1.165) is 30.1 Å². The molecule has 2 heterocycles. The molecule has 2 fully saturated rings. The van der Waals surface area contributed by atoms with Gasteiger partial charge < -0.3 is 9.64 Å². The first-order valence-electron chi connectivity index (χ1n) is 9.17. The summed E-state index contributed by atoms with van der Waals surface area (Å²) in [6.45, 7) is 1.94. The molecule has 3 nitrogen and oxygen atoms in total. The number of carbonyl (C=O) groups is 1. The highest BCUT2D eigenvalue weighted by molar-refractivity contribution is 7.21. The van der Waals surface area contributed by atoms with Crippen molar-refractivity contribution in [1.82, 2.24) is 4.90 Å². The van der Waals surface area contributed by atoms with E-state index in [4.69, 9.17) is 4.74 Å². The Morgan fingerprint density at radius 1 is 1.28 bits per heavy atom. The van der Waals surface area contributed by atoms with Crippen molar-refractivity contribution in [2.24, 2.45) is 11.8 Å². The number of hydrogen-bond donors (Lipinski definition) is 0. The van der Waals surface area contributed by atoms with Crippen molar-refractivity contribution in [1.29, 1.82) is 0 Å². The highest BCUT2D eigenvalue weighted by Gasteiger charge is 2.34. The molecular formula is C20H24FNO2S. The molecule has 1 saturated carbocycles. The SMILES string of the molecule is COCc1c(C(=O)N2CC[C@@H]3CCCC[C@H]3C2)sc2cccc(F)c12. The van der Waals surface area contributed by atoms with Crippen LogP contribution in [0.1, 0.15) is 47.3 Å². The topological polar surface area (TPSA) is 29.5 Å².